The van der Waals surface area contributed by atoms with Crippen LogP contribution in [0.4, 0.5) is 4.79 Å². The van der Waals surface area contributed by atoms with E-state index in [9.17, 15) is 9.59 Å². The fraction of sp³-hybridized carbons (Fsp3) is 0.263. The molecule has 6 heteroatoms. The molecule has 2 aromatic carbocycles. The SMILES string of the molecule is COc1ccccc1CNC(=O)[C@@H]1COC(=O)N1Cc1ccccc1. The smallest absolute Gasteiger partial charge is 0.410 e. The molecule has 1 saturated heterocycles. The molecule has 130 valence electrons. The number of ether oxygens (including phenoxy) is 2. The third-order valence-electron chi connectivity index (χ3n) is 4.12. The van der Waals surface area contributed by atoms with Gasteiger partial charge in [-0.25, -0.2) is 4.79 Å². The highest BCUT2D eigenvalue weighted by atomic mass is 16.6. The third-order valence-corrected chi connectivity index (χ3v) is 4.12. The van der Waals surface area contributed by atoms with Crippen molar-refractivity contribution in [1.82, 2.24) is 10.2 Å². The molecule has 0 aromatic heterocycles. The van der Waals surface area contributed by atoms with Gasteiger partial charge in [0.1, 0.15) is 18.4 Å². The minimum atomic E-state index is -0.637. The molecule has 2 amide bonds. The van der Waals surface area contributed by atoms with Crippen molar-refractivity contribution in [2.45, 2.75) is 19.1 Å². The number of cyclic esters (lactones) is 1. The van der Waals surface area contributed by atoms with Crippen molar-refractivity contribution in [2.24, 2.45) is 0 Å². The van der Waals surface area contributed by atoms with Crippen molar-refractivity contribution in [2.75, 3.05) is 13.7 Å². The van der Waals surface area contributed by atoms with Crippen LogP contribution in [0, 0.1) is 0 Å². The van der Waals surface area contributed by atoms with E-state index in [4.69, 9.17) is 9.47 Å². The van der Waals surface area contributed by atoms with Crippen molar-refractivity contribution in [1.29, 1.82) is 0 Å². The maximum atomic E-state index is 12.5. The lowest BCUT2D eigenvalue weighted by molar-refractivity contribution is -0.125. The molecule has 1 aliphatic rings. The highest BCUT2D eigenvalue weighted by Crippen LogP contribution is 2.19. The number of methoxy groups -OCH3 is 1. The van der Waals surface area contributed by atoms with E-state index in [1.807, 2.05) is 54.6 Å². The molecule has 25 heavy (non-hydrogen) atoms. The minimum absolute atomic E-state index is 0.0590. The first-order valence-electron chi connectivity index (χ1n) is 8.06. The van der Waals surface area contributed by atoms with Gasteiger partial charge in [0.05, 0.1) is 13.7 Å². The molecule has 0 bridgehead atoms. The first-order chi connectivity index (χ1) is 12.2. The molecule has 1 atom stereocenters. The predicted molar refractivity (Wildman–Crippen MR) is 92.0 cm³/mol. The van der Waals surface area contributed by atoms with Gasteiger partial charge in [0.15, 0.2) is 0 Å². The second-order valence-corrected chi connectivity index (χ2v) is 5.74. The summed E-state index contributed by atoms with van der Waals surface area (Å²) in [5, 5.41) is 2.86. The molecule has 3 rings (SSSR count). The lowest BCUT2D eigenvalue weighted by atomic mass is 10.1. The molecule has 1 N–H and O–H groups in total. The average molecular weight is 340 g/mol. The Kier molecular flexibility index (Phi) is 5.18. The minimum Gasteiger partial charge on any atom is -0.496 e. The van der Waals surface area contributed by atoms with Crippen LogP contribution in [-0.2, 0) is 22.6 Å². The summed E-state index contributed by atoms with van der Waals surface area (Å²) in [7, 11) is 1.59. The highest BCUT2D eigenvalue weighted by molar-refractivity contribution is 5.87. The molecular formula is C19H20N2O4. The summed E-state index contributed by atoms with van der Waals surface area (Å²) in [5.74, 6) is 0.468. The molecule has 1 heterocycles. The molecule has 1 fully saturated rings. The van der Waals surface area contributed by atoms with Gasteiger partial charge in [-0.3, -0.25) is 9.69 Å². The molecule has 2 aromatic rings. The van der Waals surface area contributed by atoms with Gasteiger partial charge in [-0.1, -0.05) is 48.5 Å². The van der Waals surface area contributed by atoms with E-state index in [2.05, 4.69) is 5.32 Å². The number of nitrogens with one attached hydrogen (secondary N) is 1. The largest absolute Gasteiger partial charge is 0.496 e. The van der Waals surface area contributed by atoms with Crippen LogP contribution < -0.4 is 10.1 Å². The van der Waals surface area contributed by atoms with E-state index in [1.54, 1.807) is 7.11 Å². The fourth-order valence-electron chi connectivity index (χ4n) is 2.77. The molecule has 0 aliphatic carbocycles. The maximum absolute atomic E-state index is 12.5. The Balaban J connectivity index is 1.65. The topological polar surface area (TPSA) is 67.9 Å². The maximum Gasteiger partial charge on any atom is 0.410 e. The Morgan fingerprint density at radius 3 is 2.68 bits per heavy atom. The van der Waals surface area contributed by atoms with E-state index in [-0.39, 0.29) is 12.5 Å². The molecular weight excluding hydrogens is 320 g/mol. The monoisotopic (exact) mass is 340 g/mol. The van der Waals surface area contributed by atoms with Crippen LogP contribution >= 0.6 is 0 Å². The van der Waals surface area contributed by atoms with Gasteiger partial charge in [-0.2, -0.15) is 0 Å². The van der Waals surface area contributed by atoms with Gasteiger partial charge >= 0.3 is 6.09 Å². The van der Waals surface area contributed by atoms with Crippen molar-refractivity contribution in [3.05, 3.63) is 65.7 Å². The van der Waals surface area contributed by atoms with Gasteiger partial charge in [-0.05, 0) is 11.6 Å². The normalized spacial score (nSPS) is 16.4. The van der Waals surface area contributed by atoms with E-state index in [1.165, 1.54) is 4.90 Å². The van der Waals surface area contributed by atoms with Gasteiger partial charge in [-0.15, -0.1) is 0 Å². The van der Waals surface area contributed by atoms with Crippen LogP contribution in [0.2, 0.25) is 0 Å². The molecule has 0 saturated carbocycles. The van der Waals surface area contributed by atoms with E-state index < -0.39 is 12.1 Å². The summed E-state index contributed by atoms with van der Waals surface area (Å²) >= 11 is 0. The van der Waals surface area contributed by atoms with Gasteiger partial charge < -0.3 is 14.8 Å². The van der Waals surface area contributed by atoms with Crippen LogP contribution in [0.15, 0.2) is 54.6 Å². The summed E-state index contributed by atoms with van der Waals surface area (Å²) in [5.41, 5.74) is 1.82. The number of amides is 2. The van der Waals surface area contributed by atoms with E-state index >= 15 is 0 Å². The lowest BCUT2D eigenvalue weighted by Crippen LogP contribution is -2.45. The van der Waals surface area contributed by atoms with Crippen molar-refractivity contribution in [3.63, 3.8) is 0 Å². The zero-order valence-electron chi connectivity index (χ0n) is 14.0. The Bertz CT molecular complexity index is 748. The van der Waals surface area contributed by atoms with Gasteiger partial charge in [0.2, 0.25) is 5.91 Å². The summed E-state index contributed by atoms with van der Waals surface area (Å²) in [6.07, 6.45) is -0.471. The molecule has 1 aliphatic heterocycles. The zero-order valence-corrected chi connectivity index (χ0v) is 14.0. The molecule has 0 spiro atoms. The lowest BCUT2D eigenvalue weighted by Gasteiger charge is -2.21. The first kappa shape index (κ1) is 16.8. The second-order valence-electron chi connectivity index (χ2n) is 5.74. The van der Waals surface area contributed by atoms with Crippen LogP contribution in [0.1, 0.15) is 11.1 Å². The van der Waals surface area contributed by atoms with Crippen molar-refractivity contribution >= 4 is 12.0 Å². The number of benzene rings is 2. The Hall–Kier alpha value is -3.02. The zero-order chi connectivity index (χ0) is 17.6. The Morgan fingerprint density at radius 2 is 1.92 bits per heavy atom. The van der Waals surface area contributed by atoms with Crippen LogP contribution in [0.3, 0.4) is 0 Å². The van der Waals surface area contributed by atoms with E-state index in [0.717, 1.165) is 11.1 Å². The van der Waals surface area contributed by atoms with Gasteiger partial charge in [0.25, 0.3) is 0 Å². The summed E-state index contributed by atoms with van der Waals surface area (Å²) in [6.45, 7) is 0.725. The quantitative estimate of drug-likeness (QED) is 0.876. The first-order valence-corrected chi connectivity index (χ1v) is 8.06. The number of nitrogens with zero attached hydrogens (tertiary/aromatic N) is 1. The highest BCUT2D eigenvalue weighted by Gasteiger charge is 2.37. The summed E-state index contributed by atoms with van der Waals surface area (Å²) in [4.78, 5) is 26.0. The van der Waals surface area contributed by atoms with Crippen LogP contribution in [0.5, 0.6) is 5.75 Å². The van der Waals surface area contributed by atoms with Gasteiger partial charge in [0, 0.05) is 12.1 Å². The van der Waals surface area contributed by atoms with E-state index in [0.29, 0.717) is 18.8 Å². The third kappa shape index (κ3) is 3.91. The number of carbonyl (C=O) groups is 2. The molecule has 0 unspecified atom stereocenters. The molecule has 0 radical (unpaired) electrons. The number of hydrogen-bond acceptors (Lipinski definition) is 4. The number of para-hydroxylation sites is 1. The van der Waals surface area contributed by atoms with Crippen molar-refractivity contribution < 1.29 is 19.1 Å². The standard InChI is InChI=1S/C19H20N2O4/c1-24-17-10-6-5-9-15(17)11-20-18(22)16-13-25-19(23)21(16)12-14-7-3-2-4-8-14/h2-10,16H,11-13H2,1H3,(H,20,22)/t16-/m0/s1. The molecule has 6 nitrogen and oxygen atoms in total. The van der Waals surface area contributed by atoms with Crippen molar-refractivity contribution in [3.8, 4) is 5.75 Å². The Labute approximate surface area is 146 Å². The fourth-order valence-corrected chi connectivity index (χ4v) is 2.77. The average Bonchev–Trinajstić information content (AvgIpc) is 3.01. The number of hydrogen-bond donors (Lipinski definition) is 1. The Morgan fingerprint density at radius 1 is 1.20 bits per heavy atom. The summed E-state index contributed by atoms with van der Waals surface area (Å²) in [6, 6.07) is 16.4. The number of rotatable bonds is 6. The predicted octanol–water partition coefficient (Wildman–Crippen LogP) is 2.33. The van der Waals surface area contributed by atoms with Crippen LogP contribution in [-0.4, -0.2) is 36.7 Å². The summed E-state index contributed by atoms with van der Waals surface area (Å²) < 4.78 is 10.3. The number of carbonyl (C=O) groups excluding carboxylic acids is 2. The van der Waals surface area contributed by atoms with Crippen LogP contribution in [0.25, 0.3) is 0 Å². The second kappa shape index (κ2) is 7.70.